The van der Waals surface area contributed by atoms with Gasteiger partial charge in [0, 0.05) is 30.3 Å². The average molecular weight is 310 g/mol. The van der Waals surface area contributed by atoms with Crippen LogP contribution in [-0.2, 0) is 13.5 Å². The minimum absolute atomic E-state index is 0.0102. The van der Waals surface area contributed by atoms with Gasteiger partial charge in [-0.15, -0.1) is 0 Å². The Bertz CT molecular complexity index is 783. The lowest BCUT2D eigenvalue weighted by atomic mass is 9.97. The number of nitrogens with zero attached hydrogens (tertiary/aromatic N) is 1. The minimum Gasteiger partial charge on any atom is -0.478 e. The highest BCUT2D eigenvalue weighted by atomic mass is 35.5. The summed E-state index contributed by atoms with van der Waals surface area (Å²) < 4.78 is 15.1. The highest BCUT2D eigenvalue weighted by molar-refractivity contribution is 6.30. The van der Waals surface area contributed by atoms with Crippen molar-refractivity contribution in [2.24, 2.45) is 7.05 Å². The topological polar surface area (TPSA) is 59.3 Å². The van der Waals surface area contributed by atoms with Crippen molar-refractivity contribution in [2.45, 2.75) is 13.3 Å². The first kappa shape index (κ1) is 15.3. The Kier molecular flexibility index (Phi) is 4.14. The van der Waals surface area contributed by atoms with Crippen LogP contribution in [0.2, 0.25) is 5.02 Å². The molecule has 0 aliphatic carbocycles. The number of aromatic nitrogens is 1. The summed E-state index contributed by atoms with van der Waals surface area (Å²) in [4.78, 5) is 23.3. The van der Waals surface area contributed by atoms with E-state index in [1.54, 1.807) is 0 Å². The van der Waals surface area contributed by atoms with E-state index in [0.717, 1.165) is 6.07 Å². The van der Waals surface area contributed by atoms with Crippen molar-refractivity contribution < 1.29 is 14.3 Å². The first-order valence-corrected chi connectivity index (χ1v) is 6.55. The van der Waals surface area contributed by atoms with Gasteiger partial charge in [-0.1, -0.05) is 17.7 Å². The normalized spacial score (nSPS) is 10.7. The number of carboxylic acid groups (broad SMARTS) is 1. The summed E-state index contributed by atoms with van der Waals surface area (Å²) in [7, 11) is 1.48. The first-order valence-electron chi connectivity index (χ1n) is 6.17. The second-order valence-corrected chi connectivity index (χ2v) is 5.22. The van der Waals surface area contributed by atoms with E-state index in [2.05, 4.69) is 0 Å². The van der Waals surface area contributed by atoms with E-state index >= 15 is 0 Å². The highest BCUT2D eigenvalue weighted by Crippen LogP contribution is 2.21. The van der Waals surface area contributed by atoms with Crippen LogP contribution in [0.3, 0.4) is 0 Å². The number of carbonyl (C=O) groups is 1. The smallest absolute Gasteiger partial charge is 0.337 e. The first-order chi connectivity index (χ1) is 9.81. The third-order valence-corrected chi connectivity index (χ3v) is 3.59. The summed E-state index contributed by atoms with van der Waals surface area (Å²) >= 11 is 5.69. The van der Waals surface area contributed by atoms with Crippen molar-refractivity contribution in [2.75, 3.05) is 0 Å². The third-order valence-electron chi connectivity index (χ3n) is 3.35. The van der Waals surface area contributed by atoms with Crippen LogP contribution in [0.1, 0.15) is 27.0 Å². The second kappa shape index (κ2) is 5.69. The van der Waals surface area contributed by atoms with Gasteiger partial charge in [0.25, 0.3) is 5.56 Å². The molecule has 2 rings (SSSR count). The van der Waals surface area contributed by atoms with Gasteiger partial charge in [-0.2, -0.15) is 0 Å². The average Bonchev–Trinajstić information content (AvgIpc) is 2.41. The summed E-state index contributed by atoms with van der Waals surface area (Å²) in [5.74, 6) is -1.68. The van der Waals surface area contributed by atoms with Crippen molar-refractivity contribution in [3.63, 3.8) is 0 Å². The summed E-state index contributed by atoms with van der Waals surface area (Å²) in [6, 6.07) is 4.17. The van der Waals surface area contributed by atoms with E-state index in [1.807, 2.05) is 0 Å². The van der Waals surface area contributed by atoms with Crippen LogP contribution >= 0.6 is 11.6 Å². The fourth-order valence-corrected chi connectivity index (χ4v) is 2.35. The van der Waals surface area contributed by atoms with E-state index in [4.69, 9.17) is 11.6 Å². The molecular weight excluding hydrogens is 297 g/mol. The number of benzene rings is 1. The number of hydrogen-bond acceptors (Lipinski definition) is 2. The number of aryl methyl sites for hydroxylation is 1. The molecule has 0 amide bonds. The molecule has 0 spiro atoms. The van der Waals surface area contributed by atoms with Gasteiger partial charge in [0.2, 0.25) is 0 Å². The standard InChI is InChI=1S/C15H13ClFNO3/c1-8-11(5-9-3-4-10(16)6-13(9)17)12(15(20)21)7-18(2)14(8)19/h3-4,6-7H,5H2,1-2H3,(H,20,21). The number of pyridine rings is 1. The minimum atomic E-state index is -1.15. The molecule has 110 valence electrons. The lowest BCUT2D eigenvalue weighted by molar-refractivity contribution is 0.0694. The number of rotatable bonds is 3. The summed E-state index contributed by atoms with van der Waals surface area (Å²) in [5.41, 5.74) is 0.588. The lowest BCUT2D eigenvalue weighted by Gasteiger charge is -2.12. The van der Waals surface area contributed by atoms with Gasteiger partial charge in [0.15, 0.2) is 0 Å². The molecule has 0 saturated heterocycles. The molecule has 0 aliphatic heterocycles. The molecular formula is C15H13ClFNO3. The molecule has 0 unspecified atom stereocenters. The molecule has 0 atom stereocenters. The monoisotopic (exact) mass is 309 g/mol. The Morgan fingerprint density at radius 2 is 2.10 bits per heavy atom. The van der Waals surface area contributed by atoms with E-state index in [0.29, 0.717) is 16.7 Å². The summed E-state index contributed by atoms with van der Waals surface area (Å²) in [6.45, 7) is 1.54. The van der Waals surface area contributed by atoms with Crippen molar-refractivity contribution >= 4 is 17.6 Å². The van der Waals surface area contributed by atoms with Crippen molar-refractivity contribution in [1.82, 2.24) is 4.57 Å². The Morgan fingerprint density at radius 1 is 1.43 bits per heavy atom. The Balaban J connectivity index is 2.60. The number of carboxylic acids is 1. The molecule has 0 aliphatic rings. The van der Waals surface area contributed by atoms with Gasteiger partial charge in [0.05, 0.1) is 5.56 Å². The maximum absolute atomic E-state index is 13.9. The third kappa shape index (κ3) is 2.97. The van der Waals surface area contributed by atoms with Crippen LogP contribution in [0, 0.1) is 12.7 Å². The Labute approximate surface area is 125 Å². The van der Waals surface area contributed by atoms with Gasteiger partial charge >= 0.3 is 5.97 Å². The van der Waals surface area contributed by atoms with Crippen LogP contribution in [-0.4, -0.2) is 15.6 Å². The van der Waals surface area contributed by atoms with Crippen LogP contribution < -0.4 is 5.56 Å². The zero-order chi connectivity index (χ0) is 15.7. The van der Waals surface area contributed by atoms with Crippen molar-refractivity contribution in [1.29, 1.82) is 0 Å². The van der Waals surface area contributed by atoms with Gasteiger partial charge in [-0.25, -0.2) is 9.18 Å². The van der Waals surface area contributed by atoms with E-state index in [1.165, 1.54) is 36.9 Å². The Hall–Kier alpha value is -2.14. The van der Waals surface area contributed by atoms with E-state index < -0.39 is 11.8 Å². The molecule has 0 saturated carbocycles. The second-order valence-electron chi connectivity index (χ2n) is 4.78. The van der Waals surface area contributed by atoms with Crippen LogP contribution in [0.5, 0.6) is 0 Å². The quantitative estimate of drug-likeness (QED) is 0.948. The molecule has 0 radical (unpaired) electrons. The Morgan fingerprint density at radius 3 is 2.67 bits per heavy atom. The molecule has 0 fully saturated rings. The predicted molar refractivity (Wildman–Crippen MR) is 77.6 cm³/mol. The van der Waals surface area contributed by atoms with Gasteiger partial charge in [-0.05, 0) is 30.2 Å². The van der Waals surface area contributed by atoms with Gasteiger partial charge in [0.1, 0.15) is 5.82 Å². The van der Waals surface area contributed by atoms with Crippen molar-refractivity contribution in [3.05, 3.63) is 67.8 Å². The predicted octanol–water partition coefficient (Wildman–Crippen LogP) is 2.78. The molecule has 0 bridgehead atoms. The highest BCUT2D eigenvalue weighted by Gasteiger charge is 2.18. The maximum atomic E-state index is 13.9. The van der Waals surface area contributed by atoms with E-state index in [-0.39, 0.29) is 22.6 Å². The maximum Gasteiger partial charge on any atom is 0.337 e. The number of hydrogen-bond donors (Lipinski definition) is 1. The fraction of sp³-hybridized carbons (Fsp3) is 0.200. The molecule has 1 aromatic heterocycles. The molecule has 1 aromatic carbocycles. The molecule has 4 nitrogen and oxygen atoms in total. The van der Waals surface area contributed by atoms with Crippen LogP contribution in [0.15, 0.2) is 29.2 Å². The van der Waals surface area contributed by atoms with Crippen molar-refractivity contribution in [3.8, 4) is 0 Å². The molecule has 21 heavy (non-hydrogen) atoms. The molecule has 1 N–H and O–H groups in total. The zero-order valence-electron chi connectivity index (χ0n) is 11.5. The largest absolute Gasteiger partial charge is 0.478 e. The lowest BCUT2D eigenvalue weighted by Crippen LogP contribution is -2.24. The number of aromatic carboxylic acids is 1. The zero-order valence-corrected chi connectivity index (χ0v) is 12.2. The summed E-state index contributed by atoms with van der Waals surface area (Å²) in [5, 5.41) is 9.53. The fourth-order valence-electron chi connectivity index (χ4n) is 2.19. The van der Waals surface area contributed by atoms with Crippen LogP contribution in [0.4, 0.5) is 4.39 Å². The number of halogens is 2. The van der Waals surface area contributed by atoms with Gasteiger partial charge < -0.3 is 9.67 Å². The molecule has 2 aromatic rings. The van der Waals surface area contributed by atoms with E-state index in [9.17, 15) is 19.1 Å². The van der Waals surface area contributed by atoms with Gasteiger partial charge in [-0.3, -0.25) is 4.79 Å². The summed E-state index contributed by atoms with van der Waals surface area (Å²) in [6.07, 6.45) is 1.27. The van der Waals surface area contributed by atoms with Crippen LogP contribution in [0.25, 0.3) is 0 Å². The molecule has 1 heterocycles. The SMILES string of the molecule is Cc1c(Cc2ccc(Cl)cc2F)c(C(=O)O)cn(C)c1=O. The molecule has 6 heteroatoms.